The van der Waals surface area contributed by atoms with Gasteiger partial charge in [0.1, 0.15) is 0 Å². The van der Waals surface area contributed by atoms with Gasteiger partial charge in [0.25, 0.3) is 0 Å². The van der Waals surface area contributed by atoms with Crippen LogP contribution in [0.4, 0.5) is 5.69 Å². The fourth-order valence-electron chi connectivity index (χ4n) is 3.67. The van der Waals surface area contributed by atoms with Gasteiger partial charge in [-0.1, -0.05) is 38.1 Å². The largest absolute Gasteiger partial charge is 0.377 e. The number of nitrogens with one attached hydrogen (secondary N) is 1. The van der Waals surface area contributed by atoms with Crippen LogP contribution in [-0.2, 0) is 28.9 Å². The first-order valence-corrected chi connectivity index (χ1v) is 10.8. The van der Waals surface area contributed by atoms with Gasteiger partial charge in [-0.05, 0) is 48.3 Å². The molecule has 0 aliphatic carbocycles. The number of rotatable bonds is 9. The number of nitrogens with zero attached hydrogens (tertiary/aromatic N) is 1. The van der Waals surface area contributed by atoms with E-state index in [0.29, 0.717) is 6.54 Å². The molecule has 2 aromatic rings. The van der Waals surface area contributed by atoms with Crippen molar-refractivity contribution in [3.8, 4) is 0 Å². The molecule has 0 spiro atoms. The van der Waals surface area contributed by atoms with Gasteiger partial charge in [-0.15, -0.1) is 11.3 Å². The Morgan fingerprint density at radius 2 is 2.00 bits per heavy atom. The van der Waals surface area contributed by atoms with Crippen LogP contribution in [0, 0.1) is 0 Å². The minimum absolute atomic E-state index is 0.0557. The van der Waals surface area contributed by atoms with Crippen LogP contribution < -0.4 is 5.32 Å². The Kier molecular flexibility index (Phi) is 7.44. The summed E-state index contributed by atoms with van der Waals surface area (Å²) in [4.78, 5) is 16.4. The summed E-state index contributed by atoms with van der Waals surface area (Å²) in [5, 5.41) is 5.29. The number of para-hydroxylation sites is 1. The van der Waals surface area contributed by atoms with E-state index in [4.69, 9.17) is 4.74 Å². The molecule has 0 saturated carbocycles. The molecule has 27 heavy (non-hydrogen) atoms. The van der Waals surface area contributed by atoms with Crippen molar-refractivity contribution >= 4 is 22.9 Å². The molecule has 0 radical (unpaired) electrons. The van der Waals surface area contributed by atoms with Gasteiger partial charge in [0.05, 0.1) is 12.6 Å². The topological polar surface area (TPSA) is 41.6 Å². The summed E-state index contributed by atoms with van der Waals surface area (Å²) >= 11 is 1.74. The molecule has 2 heterocycles. The van der Waals surface area contributed by atoms with E-state index in [1.807, 2.05) is 0 Å². The minimum atomic E-state index is 0.0557. The van der Waals surface area contributed by atoms with E-state index in [9.17, 15) is 4.79 Å². The molecular weight excluding hydrogens is 356 g/mol. The lowest BCUT2D eigenvalue weighted by molar-refractivity contribution is -0.117. The lowest BCUT2D eigenvalue weighted by atomic mass is 10.0. The summed E-state index contributed by atoms with van der Waals surface area (Å²) in [5.74, 6) is 0.0557. The molecule has 1 aromatic carbocycles. The molecule has 1 fully saturated rings. The van der Waals surface area contributed by atoms with Crippen molar-refractivity contribution < 1.29 is 9.53 Å². The number of thiophene rings is 1. The van der Waals surface area contributed by atoms with Crippen LogP contribution in [0.15, 0.2) is 35.7 Å². The van der Waals surface area contributed by atoms with E-state index in [1.165, 1.54) is 16.0 Å². The average molecular weight is 387 g/mol. The first kappa shape index (κ1) is 20.1. The SMILES string of the molecule is CCc1cccc(CC)c1NC(=O)CN(Cc1cccs1)CC1CCCO1. The van der Waals surface area contributed by atoms with Gasteiger partial charge in [-0.2, -0.15) is 0 Å². The second-order valence-electron chi connectivity index (χ2n) is 7.09. The Hall–Kier alpha value is -1.69. The van der Waals surface area contributed by atoms with Gasteiger partial charge in [0.15, 0.2) is 0 Å². The number of anilines is 1. The van der Waals surface area contributed by atoms with E-state index in [0.717, 1.165) is 51.1 Å². The summed E-state index contributed by atoms with van der Waals surface area (Å²) in [7, 11) is 0. The number of carbonyl (C=O) groups is 1. The Labute approximate surface area is 166 Å². The van der Waals surface area contributed by atoms with Crippen LogP contribution in [0.3, 0.4) is 0 Å². The predicted molar refractivity (Wildman–Crippen MR) is 112 cm³/mol. The van der Waals surface area contributed by atoms with Crippen LogP contribution in [-0.4, -0.2) is 36.6 Å². The summed E-state index contributed by atoms with van der Waals surface area (Å²) in [6, 6.07) is 10.5. The van der Waals surface area contributed by atoms with Crippen molar-refractivity contribution in [3.05, 3.63) is 51.7 Å². The first-order valence-electron chi connectivity index (χ1n) is 9.96. The fraction of sp³-hybridized carbons (Fsp3) is 0.500. The molecule has 1 N–H and O–H groups in total. The summed E-state index contributed by atoms with van der Waals surface area (Å²) < 4.78 is 5.81. The second kappa shape index (κ2) is 10.0. The second-order valence-corrected chi connectivity index (χ2v) is 8.12. The van der Waals surface area contributed by atoms with Gasteiger partial charge in [0, 0.05) is 30.3 Å². The highest BCUT2D eigenvalue weighted by Gasteiger charge is 2.22. The van der Waals surface area contributed by atoms with Crippen LogP contribution in [0.2, 0.25) is 0 Å². The number of hydrogen-bond donors (Lipinski definition) is 1. The third-order valence-corrected chi connectivity index (χ3v) is 5.94. The van der Waals surface area contributed by atoms with Crippen LogP contribution in [0.5, 0.6) is 0 Å². The van der Waals surface area contributed by atoms with Crippen molar-refractivity contribution in [3.63, 3.8) is 0 Å². The average Bonchev–Trinajstić information content (AvgIpc) is 3.36. The highest BCUT2D eigenvalue weighted by Crippen LogP contribution is 2.23. The van der Waals surface area contributed by atoms with E-state index in [-0.39, 0.29) is 12.0 Å². The molecule has 146 valence electrons. The predicted octanol–water partition coefficient (Wildman–Crippen LogP) is 4.49. The Morgan fingerprint density at radius 3 is 2.59 bits per heavy atom. The number of ether oxygens (including phenoxy) is 1. The smallest absolute Gasteiger partial charge is 0.238 e. The van der Waals surface area contributed by atoms with Gasteiger partial charge in [0.2, 0.25) is 5.91 Å². The van der Waals surface area contributed by atoms with Crippen molar-refractivity contribution in [2.45, 2.75) is 52.2 Å². The number of amides is 1. The maximum Gasteiger partial charge on any atom is 0.238 e. The van der Waals surface area contributed by atoms with Crippen molar-refractivity contribution in [1.29, 1.82) is 0 Å². The van der Waals surface area contributed by atoms with E-state index >= 15 is 0 Å². The standard InChI is InChI=1S/C22H30N2O2S/c1-3-17-8-5-9-18(4-2)22(17)23-21(25)16-24(14-19-10-6-12-26-19)15-20-11-7-13-27-20/h5,7-9,11,13,19H,3-4,6,10,12,14-16H2,1-2H3,(H,23,25). The Morgan fingerprint density at radius 1 is 1.22 bits per heavy atom. The van der Waals surface area contributed by atoms with Crippen molar-refractivity contribution in [1.82, 2.24) is 4.90 Å². The van der Waals surface area contributed by atoms with Crippen molar-refractivity contribution in [2.75, 3.05) is 25.0 Å². The van der Waals surface area contributed by atoms with E-state index in [1.54, 1.807) is 11.3 Å². The van der Waals surface area contributed by atoms with Crippen LogP contribution >= 0.6 is 11.3 Å². The zero-order valence-electron chi connectivity index (χ0n) is 16.4. The number of benzene rings is 1. The zero-order chi connectivity index (χ0) is 19.1. The lowest BCUT2D eigenvalue weighted by Crippen LogP contribution is -2.38. The van der Waals surface area contributed by atoms with Gasteiger partial charge in [-0.25, -0.2) is 0 Å². The molecule has 1 aromatic heterocycles. The first-order chi connectivity index (χ1) is 13.2. The molecule has 1 aliphatic rings. The summed E-state index contributed by atoms with van der Waals surface area (Å²) in [5.41, 5.74) is 3.40. The maximum absolute atomic E-state index is 12.9. The number of carbonyl (C=O) groups excluding carboxylic acids is 1. The molecular formula is C22H30N2O2S. The molecule has 1 amide bonds. The molecule has 1 aliphatic heterocycles. The van der Waals surface area contributed by atoms with Crippen molar-refractivity contribution in [2.24, 2.45) is 0 Å². The Balaban J connectivity index is 1.68. The monoisotopic (exact) mass is 386 g/mol. The summed E-state index contributed by atoms with van der Waals surface area (Å²) in [6.07, 6.45) is 4.28. The molecule has 1 atom stereocenters. The lowest BCUT2D eigenvalue weighted by Gasteiger charge is -2.24. The third kappa shape index (κ3) is 5.64. The molecule has 1 saturated heterocycles. The Bertz CT molecular complexity index is 702. The highest BCUT2D eigenvalue weighted by atomic mass is 32.1. The third-order valence-electron chi connectivity index (χ3n) is 5.08. The van der Waals surface area contributed by atoms with E-state index in [2.05, 4.69) is 59.8 Å². The van der Waals surface area contributed by atoms with Crippen LogP contribution in [0.25, 0.3) is 0 Å². The summed E-state index contributed by atoms with van der Waals surface area (Å²) in [6.45, 7) is 7.09. The molecule has 3 rings (SSSR count). The molecule has 1 unspecified atom stereocenters. The van der Waals surface area contributed by atoms with Gasteiger partial charge < -0.3 is 10.1 Å². The van der Waals surface area contributed by atoms with Gasteiger partial charge >= 0.3 is 0 Å². The number of hydrogen-bond acceptors (Lipinski definition) is 4. The number of aryl methyl sites for hydroxylation is 2. The molecule has 5 heteroatoms. The highest BCUT2D eigenvalue weighted by molar-refractivity contribution is 7.09. The quantitative estimate of drug-likeness (QED) is 0.690. The minimum Gasteiger partial charge on any atom is -0.377 e. The fourth-order valence-corrected chi connectivity index (χ4v) is 4.42. The normalized spacial score (nSPS) is 16.8. The van der Waals surface area contributed by atoms with Crippen LogP contribution in [0.1, 0.15) is 42.7 Å². The zero-order valence-corrected chi connectivity index (χ0v) is 17.2. The maximum atomic E-state index is 12.9. The van der Waals surface area contributed by atoms with Gasteiger partial charge in [-0.3, -0.25) is 9.69 Å². The van der Waals surface area contributed by atoms with E-state index < -0.39 is 0 Å². The molecule has 4 nitrogen and oxygen atoms in total. The molecule has 0 bridgehead atoms.